The number of rotatable bonds is 3. The van der Waals surface area contributed by atoms with Crippen LogP contribution in [-0.2, 0) is 11.2 Å². The third kappa shape index (κ3) is 3.46. The van der Waals surface area contributed by atoms with Crippen molar-refractivity contribution in [3.63, 3.8) is 0 Å². The summed E-state index contributed by atoms with van der Waals surface area (Å²) in [4.78, 5) is 14.0. The molecule has 0 bridgehead atoms. The number of nitrogen functional groups attached to an aromatic ring is 1. The Labute approximate surface area is 102 Å². The van der Waals surface area contributed by atoms with E-state index in [1.807, 2.05) is 24.3 Å². The molecule has 1 heterocycles. The number of carbonyl (C=O) groups is 1. The molecular formula is C13H19N3O. The highest BCUT2D eigenvalue weighted by Crippen LogP contribution is 2.09. The smallest absolute Gasteiger partial charge is 0.224 e. The zero-order valence-corrected chi connectivity index (χ0v) is 10.1. The van der Waals surface area contributed by atoms with Gasteiger partial charge in [0.2, 0.25) is 5.91 Å². The second-order valence-electron chi connectivity index (χ2n) is 4.74. The minimum Gasteiger partial charge on any atom is -0.399 e. The third-order valence-electron chi connectivity index (χ3n) is 3.07. The Morgan fingerprint density at radius 1 is 1.59 bits per heavy atom. The van der Waals surface area contributed by atoms with Gasteiger partial charge in [-0.3, -0.25) is 4.79 Å². The molecule has 0 saturated carbocycles. The summed E-state index contributed by atoms with van der Waals surface area (Å²) < 4.78 is 0. The fourth-order valence-corrected chi connectivity index (χ4v) is 2.22. The maximum Gasteiger partial charge on any atom is 0.224 e. The second kappa shape index (κ2) is 5.19. The van der Waals surface area contributed by atoms with Gasteiger partial charge in [0.05, 0.1) is 6.42 Å². The van der Waals surface area contributed by atoms with Gasteiger partial charge in [-0.05, 0) is 37.7 Å². The highest BCUT2D eigenvalue weighted by molar-refractivity contribution is 5.79. The molecule has 1 aromatic rings. The lowest BCUT2D eigenvalue weighted by atomic mass is 10.1. The topological polar surface area (TPSA) is 58.4 Å². The van der Waals surface area contributed by atoms with Gasteiger partial charge >= 0.3 is 0 Å². The normalized spacial score (nSPS) is 20.4. The quantitative estimate of drug-likeness (QED) is 0.753. The molecule has 0 spiro atoms. The van der Waals surface area contributed by atoms with E-state index in [1.54, 1.807) is 0 Å². The van der Waals surface area contributed by atoms with Crippen LogP contribution in [0.1, 0.15) is 12.0 Å². The van der Waals surface area contributed by atoms with Crippen LogP contribution in [0.15, 0.2) is 24.3 Å². The van der Waals surface area contributed by atoms with Gasteiger partial charge in [0.15, 0.2) is 0 Å². The first-order valence-electron chi connectivity index (χ1n) is 5.96. The van der Waals surface area contributed by atoms with Crippen molar-refractivity contribution in [1.82, 2.24) is 10.2 Å². The van der Waals surface area contributed by atoms with Gasteiger partial charge in [-0.1, -0.05) is 12.1 Å². The number of hydrogen-bond donors (Lipinski definition) is 2. The van der Waals surface area contributed by atoms with Crippen molar-refractivity contribution in [1.29, 1.82) is 0 Å². The maximum atomic E-state index is 11.8. The van der Waals surface area contributed by atoms with Crippen molar-refractivity contribution in [2.75, 3.05) is 25.9 Å². The summed E-state index contributed by atoms with van der Waals surface area (Å²) in [6, 6.07) is 7.78. The molecule has 4 heteroatoms. The Kier molecular flexibility index (Phi) is 3.64. The van der Waals surface area contributed by atoms with E-state index < -0.39 is 0 Å². The van der Waals surface area contributed by atoms with E-state index in [-0.39, 0.29) is 5.91 Å². The minimum atomic E-state index is 0.0795. The molecule has 92 valence electrons. The van der Waals surface area contributed by atoms with Crippen LogP contribution >= 0.6 is 0 Å². The monoisotopic (exact) mass is 233 g/mol. The van der Waals surface area contributed by atoms with Gasteiger partial charge in [-0.15, -0.1) is 0 Å². The van der Waals surface area contributed by atoms with Crippen molar-refractivity contribution in [3.05, 3.63) is 29.8 Å². The van der Waals surface area contributed by atoms with Gasteiger partial charge in [0.1, 0.15) is 0 Å². The zero-order valence-electron chi connectivity index (χ0n) is 10.1. The Balaban J connectivity index is 1.85. The Bertz CT molecular complexity index is 405. The van der Waals surface area contributed by atoms with Crippen LogP contribution in [0.3, 0.4) is 0 Å². The third-order valence-corrected chi connectivity index (χ3v) is 3.07. The van der Waals surface area contributed by atoms with Crippen LogP contribution in [0.4, 0.5) is 5.69 Å². The number of nitrogens with two attached hydrogens (primary N) is 1. The maximum absolute atomic E-state index is 11.8. The van der Waals surface area contributed by atoms with E-state index in [0.29, 0.717) is 18.2 Å². The van der Waals surface area contributed by atoms with Crippen LogP contribution in [0.5, 0.6) is 0 Å². The predicted octanol–water partition coefficient (Wildman–Crippen LogP) is 0.632. The van der Waals surface area contributed by atoms with E-state index in [1.165, 1.54) is 0 Å². The Morgan fingerprint density at radius 3 is 3.06 bits per heavy atom. The molecule has 1 saturated heterocycles. The van der Waals surface area contributed by atoms with Crippen LogP contribution in [0, 0.1) is 0 Å². The summed E-state index contributed by atoms with van der Waals surface area (Å²) in [6.07, 6.45) is 1.45. The van der Waals surface area contributed by atoms with E-state index >= 15 is 0 Å². The number of amides is 1. The molecule has 1 unspecified atom stereocenters. The molecular weight excluding hydrogens is 214 g/mol. The molecule has 0 aliphatic carbocycles. The summed E-state index contributed by atoms with van der Waals surface area (Å²) in [6.45, 7) is 2.01. The van der Waals surface area contributed by atoms with Crippen molar-refractivity contribution < 1.29 is 4.79 Å². The SMILES string of the molecule is CN1CCC(NC(=O)Cc2cccc(N)c2)C1. The fourth-order valence-electron chi connectivity index (χ4n) is 2.22. The summed E-state index contributed by atoms with van der Waals surface area (Å²) >= 11 is 0. The molecule has 4 nitrogen and oxygen atoms in total. The summed E-state index contributed by atoms with van der Waals surface area (Å²) in [5.41, 5.74) is 7.35. The Hall–Kier alpha value is -1.55. The van der Waals surface area contributed by atoms with Crippen molar-refractivity contribution >= 4 is 11.6 Å². The highest BCUT2D eigenvalue weighted by atomic mass is 16.1. The number of carbonyl (C=O) groups excluding carboxylic acids is 1. The molecule has 1 fully saturated rings. The van der Waals surface area contributed by atoms with Gasteiger partial charge in [0.25, 0.3) is 0 Å². The molecule has 17 heavy (non-hydrogen) atoms. The molecule has 0 radical (unpaired) electrons. The number of likely N-dealkylation sites (tertiary alicyclic amines) is 1. The minimum absolute atomic E-state index is 0.0795. The summed E-state index contributed by atoms with van der Waals surface area (Å²) in [5, 5.41) is 3.06. The van der Waals surface area contributed by atoms with Gasteiger partial charge in [-0.25, -0.2) is 0 Å². The van der Waals surface area contributed by atoms with Gasteiger partial charge < -0.3 is 16.0 Å². The molecule has 1 atom stereocenters. The number of nitrogens with one attached hydrogen (secondary N) is 1. The van der Waals surface area contributed by atoms with Crippen LogP contribution in [0.25, 0.3) is 0 Å². The molecule has 1 aliphatic rings. The molecule has 1 aromatic carbocycles. The highest BCUT2D eigenvalue weighted by Gasteiger charge is 2.20. The first kappa shape index (κ1) is 11.9. The van der Waals surface area contributed by atoms with Crippen LogP contribution < -0.4 is 11.1 Å². The molecule has 3 N–H and O–H groups in total. The Morgan fingerprint density at radius 2 is 2.41 bits per heavy atom. The lowest BCUT2D eigenvalue weighted by Gasteiger charge is -2.12. The van der Waals surface area contributed by atoms with Crippen LogP contribution in [-0.4, -0.2) is 37.0 Å². The first-order chi connectivity index (χ1) is 8.13. The number of nitrogens with zero attached hydrogens (tertiary/aromatic N) is 1. The van der Waals surface area contributed by atoms with E-state index in [2.05, 4.69) is 17.3 Å². The fraction of sp³-hybridized carbons (Fsp3) is 0.462. The molecule has 1 amide bonds. The average molecular weight is 233 g/mol. The summed E-state index contributed by atoms with van der Waals surface area (Å²) in [5.74, 6) is 0.0795. The lowest BCUT2D eigenvalue weighted by Crippen LogP contribution is -2.37. The average Bonchev–Trinajstić information content (AvgIpc) is 2.63. The predicted molar refractivity (Wildman–Crippen MR) is 68.6 cm³/mol. The molecule has 1 aliphatic heterocycles. The van der Waals surface area contributed by atoms with Gasteiger partial charge in [-0.2, -0.15) is 0 Å². The first-order valence-corrected chi connectivity index (χ1v) is 5.96. The van der Waals surface area contributed by atoms with Gasteiger partial charge in [0, 0.05) is 18.3 Å². The number of hydrogen-bond acceptors (Lipinski definition) is 3. The van der Waals surface area contributed by atoms with E-state index in [0.717, 1.165) is 25.1 Å². The zero-order chi connectivity index (χ0) is 12.3. The second-order valence-corrected chi connectivity index (χ2v) is 4.74. The number of likely N-dealkylation sites (N-methyl/N-ethyl adjacent to an activating group) is 1. The molecule has 2 rings (SSSR count). The van der Waals surface area contributed by atoms with E-state index in [4.69, 9.17) is 5.73 Å². The largest absolute Gasteiger partial charge is 0.399 e. The van der Waals surface area contributed by atoms with Crippen molar-refractivity contribution in [2.45, 2.75) is 18.9 Å². The number of anilines is 1. The van der Waals surface area contributed by atoms with Crippen LogP contribution in [0.2, 0.25) is 0 Å². The molecule has 0 aromatic heterocycles. The standard InChI is InChI=1S/C13H19N3O/c1-16-6-5-12(9-16)15-13(17)8-10-3-2-4-11(14)7-10/h2-4,7,12H,5-6,8-9,14H2,1H3,(H,15,17). The lowest BCUT2D eigenvalue weighted by molar-refractivity contribution is -0.121. The van der Waals surface area contributed by atoms with Crippen molar-refractivity contribution in [2.24, 2.45) is 0 Å². The summed E-state index contributed by atoms with van der Waals surface area (Å²) in [7, 11) is 2.07. The van der Waals surface area contributed by atoms with Crippen molar-refractivity contribution in [3.8, 4) is 0 Å². The number of benzene rings is 1. The van der Waals surface area contributed by atoms with E-state index in [9.17, 15) is 4.79 Å².